The summed E-state index contributed by atoms with van der Waals surface area (Å²) < 4.78 is 23.5. The zero-order valence-electron chi connectivity index (χ0n) is 68.6. The van der Waals surface area contributed by atoms with Crippen LogP contribution in [0, 0.1) is 7.14 Å². The van der Waals surface area contributed by atoms with Crippen molar-refractivity contribution in [2.45, 2.75) is 501 Å². The molecule has 3 aromatic carbocycles. The predicted octanol–water partition coefficient (Wildman–Crippen LogP) is 35.6. The Labute approximate surface area is 679 Å². The number of aromatic nitrogens is 4. The van der Waals surface area contributed by atoms with Crippen LogP contribution in [-0.2, 0) is 10.8 Å². The molecule has 8 heteroatoms. The average molecular weight is 1690 g/mol. The molecule has 0 spiro atoms. The first-order valence-electron chi connectivity index (χ1n) is 46.6. The molecule has 104 heavy (non-hydrogen) atoms. The minimum Gasteiger partial charge on any atom is -0.172 e. The van der Waals surface area contributed by atoms with E-state index in [4.69, 9.17) is 17.5 Å². The molecule has 2 aliphatic carbocycles. The number of rotatable bonds is 72. The minimum atomic E-state index is -0.0579. The van der Waals surface area contributed by atoms with Crippen LogP contribution in [0.5, 0.6) is 0 Å². The molecule has 0 bridgehead atoms. The maximum atomic E-state index is 5.36. The lowest BCUT2D eigenvalue weighted by Crippen LogP contribution is -2.27. The van der Waals surface area contributed by atoms with E-state index in [1.165, 1.54) is 526 Å². The van der Waals surface area contributed by atoms with Crippen LogP contribution < -0.4 is 0 Å². The molecule has 2 heterocycles. The third kappa shape index (κ3) is 31.4. The van der Waals surface area contributed by atoms with Gasteiger partial charge >= 0.3 is 0 Å². The van der Waals surface area contributed by atoms with Crippen molar-refractivity contribution in [2.24, 2.45) is 0 Å². The summed E-state index contributed by atoms with van der Waals surface area (Å²) in [5.41, 5.74) is 16.8. The molecule has 2 aliphatic rings. The molecule has 2 aromatic heterocycles. The van der Waals surface area contributed by atoms with Crippen molar-refractivity contribution in [3.8, 4) is 22.3 Å². The normalized spacial score (nSPS) is 13.5. The van der Waals surface area contributed by atoms with E-state index in [1.807, 2.05) is 0 Å². The van der Waals surface area contributed by atoms with Gasteiger partial charge < -0.3 is 0 Å². The molecule has 0 aliphatic heterocycles. The van der Waals surface area contributed by atoms with E-state index in [9.17, 15) is 0 Å². The Kier molecular flexibility index (Phi) is 49.2. The minimum absolute atomic E-state index is 0.0579. The summed E-state index contributed by atoms with van der Waals surface area (Å²) in [5.74, 6) is 0. The Morgan fingerprint density at radius 2 is 0.375 bits per heavy atom. The lowest BCUT2D eigenvalue weighted by molar-refractivity contribution is 0.393. The van der Waals surface area contributed by atoms with Crippen molar-refractivity contribution in [3.05, 3.63) is 53.7 Å². The Morgan fingerprint density at radius 3 is 0.558 bits per heavy atom. The number of hydrogen-bond acceptors (Lipinski definition) is 6. The first-order chi connectivity index (χ1) is 51.5. The third-order valence-corrected chi connectivity index (χ3v) is 28.3. The summed E-state index contributed by atoms with van der Waals surface area (Å²) >= 11 is 8.20. The topological polar surface area (TPSA) is 51.6 Å². The third-order valence-electron chi connectivity index (χ3n) is 25.6. The van der Waals surface area contributed by atoms with Gasteiger partial charge in [-0.3, -0.25) is 0 Å². The summed E-state index contributed by atoms with van der Waals surface area (Å²) in [7, 11) is 0. The summed E-state index contributed by atoms with van der Waals surface area (Å²) in [6.07, 6.45) is 101. The van der Waals surface area contributed by atoms with Crippen LogP contribution in [0.25, 0.3) is 44.3 Å². The fourth-order valence-electron chi connectivity index (χ4n) is 19.1. The van der Waals surface area contributed by atoms with Crippen molar-refractivity contribution in [1.82, 2.24) is 17.5 Å². The van der Waals surface area contributed by atoms with Gasteiger partial charge in [0.15, 0.2) is 0 Å². The highest BCUT2D eigenvalue weighted by atomic mass is 127. The van der Waals surface area contributed by atoms with Gasteiger partial charge in [0.05, 0.1) is 23.5 Å². The van der Waals surface area contributed by atoms with Crippen LogP contribution in [-0.4, -0.2) is 17.5 Å². The highest BCUT2D eigenvalue weighted by Crippen LogP contribution is 2.63. The number of unbranched alkanes of at least 4 members (excludes halogenated alkanes) is 64. The molecular formula is C96H160I2N4S2. The van der Waals surface area contributed by atoms with Gasteiger partial charge in [-0.25, -0.2) is 0 Å². The van der Waals surface area contributed by atoms with E-state index in [0.717, 1.165) is 11.0 Å². The van der Waals surface area contributed by atoms with Crippen LogP contribution in [0.2, 0.25) is 0 Å². The largest absolute Gasteiger partial charge is 0.172 e. The average Bonchev–Trinajstić information content (AvgIpc) is 1.52. The smallest absolute Gasteiger partial charge is 0.118 e. The van der Waals surface area contributed by atoms with E-state index < -0.39 is 0 Å². The zero-order valence-corrected chi connectivity index (χ0v) is 74.5. The number of hydrogen-bond donors (Lipinski definition) is 0. The summed E-state index contributed by atoms with van der Waals surface area (Å²) in [5, 5.41) is 0. The van der Waals surface area contributed by atoms with Gasteiger partial charge in [-0.2, -0.15) is 17.5 Å². The van der Waals surface area contributed by atoms with Crippen molar-refractivity contribution >= 4 is 90.7 Å². The Hall–Kier alpha value is -1.24. The monoisotopic (exact) mass is 1690 g/mol. The fraction of sp³-hybridized carbons (Fsp3) is 0.812. The maximum Gasteiger partial charge on any atom is 0.118 e. The number of nitrogens with zero attached hydrogens (tertiary/aromatic N) is 4. The first kappa shape index (κ1) is 90.0. The van der Waals surface area contributed by atoms with Crippen LogP contribution in [0.1, 0.15) is 512 Å². The molecule has 0 fully saturated rings. The van der Waals surface area contributed by atoms with Gasteiger partial charge in [0.2, 0.25) is 0 Å². The number of benzene rings is 3. The fourth-order valence-corrected chi connectivity index (χ4v) is 22.0. The van der Waals surface area contributed by atoms with Crippen molar-refractivity contribution in [1.29, 1.82) is 0 Å². The summed E-state index contributed by atoms with van der Waals surface area (Å²) in [6.45, 7) is 9.32. The van der Waals surface area contributed by atoms with Gasteiger partial charge in [0, 0.05) is 29.1 Å². The van der Waals surface area contributed by atoms with Crippen molar-refractivity contribution < 1.29 is 0 Å². The molecule has 0 N–H and O–H groups in total. The molecule has 0 unspecified atom stereocenters. The van der Waals surface area contributed by atoms with E-state index >= 15 is 0 Å². The summed E-state index contributed by atoms with van der Waals surface area (Å²) in [4.78, 5) is 0. The zero-order chi connectivity index (χ0) is 73.1. The molecule has 590 valence electrons. The molecule has 7 rings (SSSR count). The predicted molar refractivity (Wildman–Crippen MR) is 481 cm³/mol. The molecule has 0 saturated carbocycles. The highest BCUT2D eigenvalue weighted by Gasteiger charge is 2.50. The van der Waals surface area contributed by atoms with Crippen LogP contribution in [0.3, 0.4) is 0 Å². The van der Waals surface area contributed by atoms with Gasteiger partial charge in [-0.05, 0) is 129 Å². The first-order valence-corrected chi connectivity index (χ1v) is 50.2. The second-order valence-corrected chi connectivity index (χ2v) is 37.6. The second-order valence-electron chi connectivity index (χ2n) is 34.2. The van der Waals surface area contributed by atoms with Crippen LogP contribution >= 0.6 is 68.6 Å². The maximum absolute atomic E-state index is 5.36. The van der Waals surface area contributed by atoms with Gasteiger partial charge in [0.25, 0.3) is 0 Å². The molecule has 0 atom stereocenters. The van der Waals surface area contributed by atoms with Gasteiger partial charge in [0.1, 0.15) is 22.1 Å². The lowest BCUT2D eigenvalue weighted by Gasteiger charge is -2.35. The van der Waals surface area contributed by atoms with E-state index in [0.29, 0.717) is 0 Å². The highest BCUT2D eigenvalue weighted by molar-refractivity contribution is 14.1. The Morgan fingerprint density at radius 1 is 0.212 bits per heavy atom. The van der Waals surface area contributed by atoms with Crippen molar-refractivity contribution in [3.63, 3.8) is 0 Å². The molecular weight excluding hydrogens is 1530 g/mol. The van der Waals surface area contributed by atoms with Gasteiger partial charge in [-0.1, -0.05) is 464 Å². The molecule has 0 saturated heterocycles. The molecule has 5 aromatic rings. The van der Waals surface area contributed by atoms with E-state index in [1.54, 1.807) is 22.3 Å². The lowest BCUT2D eigenvalue weighted by atomic mass is 9.68. The van der Waals surface area contributed by atoms with Crippen molar-refractivity contribution in [2.75, 3.05) is 0 Å². The molecule has 0 radical (unpaired) electrons. The molecule has 4 nitrogen and oxygen atoms in total. The Bertz CT molecular complexity index is 2670. The second kappa shape index (κ2) is 56.9. The van der Waals surface area contributed by atoms with Crippen LogP contribution in [0.15, 0.2) is 24.3 Å². The molecule has 0 amide bonds. The van der Waals surface area contributed by atoms with E-state index in [2.05, 4.69) is 97.1 Å². The Balaban J connectivity index is 1.08. The van der Waals surface area contributed by atoms with E-state index in [-0.39, 0.29) is 10.8 Å². The van der Waals surface area contributed by atoms with Crippen LogP contribution in [0.4, 0.5) is 0 Å². The van der Waals surface area contributed by atoms with Gasteiger partial charge in [-0.15, -0.1) is 0 Å². The standard InChI is InChI=1S/C96H160I2N4S2/c1-5-9-13-17-21-25-29-33-37-41-45-49-53-57-61-65-69-73-95(74-70-66-62-58-54-50-46-42-38-34-30-26-22-18-14-10-6-2)83-77-82-84(78-81(83)89-85(95)79-87(97)91-93(89)101-103-99-91)96(86-80-88(98)92-94(90(82)86)102-104-100-92,75-71-67-63-59-55-51-47-43-39-35-31-27-23-19-15-11-7-3)76-72-68-64-60-56-52-48-44-40-36-32-28-24-20-16-12-8-4/h77-80H,5-76H2,1-4H3. The number of fused-ring (bicyclic) bond motifs is 10. The summed E-state index contributed by atoms with van der Waals surface area (Å²) in [6, 6.07) is 11.0. The SMILES string of the molecule is CCCCCCCCCCCCCCCCCCCC1(CCCCCCCCCCCCCCCCCCC)c2cc3c(cc2-c2c1cc(I)c1nsnc21)C(CCCCCCCCCCCCCCCCCCC)(CCCCCCCCCCCCCCCCCCC)c1cc(I)c2nsnc2c1-3. The quantitative estimate of drug-likeness (QED) is 0.0288. The number of halogens is 2.